The van der Waals surface area contributed by atoms with Gasteiger partial charge >= 0.3 is 0 Å². The summed E-state index contributed by atoms with van der Waals surface area (Å²) in [5, 5.41) is 0.161. The van der Waals surface area contributed by atoms with Gasteiger partial charge in [-0.2, -0.15) is 0 Å². The largest absolute Gasteiger partial charge is 0.482 e. The fourth-order valence-corrected chi connectivity index (χ4v) is 3.36. The molecular weight excluding hydrogens is 329 g/mol. The summed E-state index contributed by atoms with van der Waals surface area (Å²) in [5.74, 6) is -0.254. The number of carbonyl (C=O) groups is 1. The third-order valence-corrected chi connectivity index (χ3v) is 4.74. The maximum absolute atomic E-state index is 13.0. The van der Waals surface area contributed by atoms with E-state index in [0.29, 0.717) is 5.75 Å². The van der Waals surface area contributed by atoms with E-state index in [1.165, 1.54) is 29.3 Å². The number of likely N-dealkylation sites (N-methyl/N-ethyl adjacent to an activating group) is 1. The Bertz CT molecular complexity index is 750. The first kappa shape index (κ1) is 16.8. The number of ether oxygens (including phenoxy) is 1. The van der Waals surface area contributed by atoms with Gasteiger partial charge in [0.15, 0.2) is 6.61 Å². The average Bonchev–Trinajstić information content (AvgIpc) is 2.59. The summed E-state index contributed by atoms with van der Waals surface area (Å²) < 4.78 is 18.5. The Morgan fingerprint density at radius 3 is 2.92 bits per heavy atom. The molecule has 0 fully saturated rings. The molecule has 0 saturated carbocycles. The van der Waals surface area contributed by atoms with E-state index in [1.54, 1.807) is 11.9 Å². The summed E-state index contributed by atoms with van der Waals surface area (Å²) in [4.78, 5) is 14.2. The zero-order valence-corrected chi connectivity index (χ0v) is 14.2. The monoisotopic (exact) mass is 347 g/mol. The zero-order chi connectivity index (χ0) is 17.1. The van der Waals surface area contributed by atoms with Crippen LogP contribution in [0.1, 0.15) is 30.0 Å². The van der Waals surface area contributed by atoms with Crippen molar-refractivity contribution >= 4 is 17.5 Å². The number of carbonyl (C=O) groups excluding carboxylic acids is 1. The molecule has 2 aromatic carbocycles. The van der Waals surface area contributed by atoms with Crippen molar-refractivity contribution in [3.63, 3.8) is 0 Å². The van der Waals surface area contributed by atoms with Gasteiger partial charge in [0, 0.05) is 7.05 Å². The highest BCUT2D eigenvalue weighted by molar-refractivity contribution is 6.32. The molecule has 0 heterocycles. The van der Waals surface area contributed by atoms with E-state index in [2.05, 4.69) is 12.1 Å². The number of nitrogens with zero attached hydrogens (tertiary/aromatic N) is 1. The van der Waals surface area contributed by atoms with Crippen LogP contribution in [0.5, 0.6) is 5.75 Å². The molecule has 2 aromatic rings. The molecule has 1 aliphatic carbocycles. The molecule has 0 radical (unpaired) electrons. The molecule has 1 atom stereocenters. The van der Waals surface area contributed by atoms with Crippen LogP contribution in [0, 0.1) is 5.82 Å². The first-order chi connectivity index (χ1) is 11.6. The quantitative estimate of drug-likeness (QED) is 0.820. The molecule has 24 heavy (non-hydrogen) atoms. The second-order valence-electron chi connectivity index (χ2n) is 5.97. The van der Waals surface area contributed by atoms with Gasteiger partial charge in [-0.15, -0.1) is 0 Å². The average molecular weight is 348 g/mol. The molecule has 1 aliphatic rings. The Morgan fingerprint density at radius 1 is 1.33 bits per heavy atom. The molecule has 0 spiro atoms. The van der Waals surface area contributed by atoms with Crippen LogP contribution < -0.4 is 4.74 Å². The van der Waals surface area contributed by atoms with Crippen molar-refractivity contribution in [3.05, 3.63) is 64.4 Å². The van der Waals surface area contributed by atoms with Crippen LogP contribution in [0.25, 0.3) is 0 Å². The highest BCUT2D eigenvalue weighted by Crippen LogP contribution is 2.33. The van der Waals surface area contributed by atoms with Crippen LogP contribution in [0.4, 0.5) is 4.39 Å². The van der Waals surface area contributed by atoms with E-state index in [9.17, 15) is 9.18 Å². The van der Waals surface area contributed by atoms with Gasteiger partial charge in [-0.3, -0.25) is 4.79 Å². The summed E-state index contributed by atoms with van der Waals surface area (Å²) in [7, 11) is 1.80. The van der Waals surface area contributed by atoms with Crippen molar-refractivity contribution < 1.29 is 13.9 Å². The Morgan fingerprint density at radius 2 is 2.12 bits per heavy atom. The third-order valence-electron chi connectivity index (χ3n) is 4.44. The zero-order valence-electron chi connectivity index (χ0n) is 13.5. The minimum absolute atomic E-state index is 0.0646. The van der Waals surface area contributed by atoms with Gasteiger partial charge in [0.1, 0.15) is 11.6 Å². The fourth-order valence-electron chi connectivity index (χ4n) is 3.14. The lowest BCUT2D eigenvalue weighted by Crippen LogP contribution is -2.36. The molecule has 0 bridgehead atoms. The molecule has 0 aromatic heterocycles. The summed E-state index contributed by atoms with van der Waals surface area (Å²) >= 11 is 5.92. The number of amides is 1. The van der Waals surface area contributed by atoms with Gasteiger partial charge in [0.2, 0.25) is 0 Å². The van der Waals surface area contributed by atoms with E-state index < -0.39 is 5.82 Å². The first-order valence-electron chi connectivity index (χ1n) is 7.97. The third kappa shape index (κ3) is 3.54. The van der Waals surface area contributed by atoms with Crippen molar-refractivity contribution in [1.82, 2.24) is 4.90 Å². The number of rotatable bonds is 4. The van der Waals surface area contributed by atoms with Crippen LogP contribution in [0.3, 0.4) is 0 Å². The maximum atomic E-state index is 13.0. The number of benzene rings is 2. The molecular formula is C19H19ClFNO2. The molecule has 0 unspecified atom stereocenters. The smallest absolute Gasteiger partial charge is 0.260 e. The molecule has 3 rings (SSSR count). The lowest BCUT2D eigenvalue weighted by atomic mass is 9.87. The Hall–Kier alpha value is -2.07. The highest BCUT2D eigenvalue weighted by Gasteiger charge is 2.26. The predicted octanol–water partition coefficient (Wildman–Crippen LogP) is 4.39. The molecule has 0 saturated heterocycles. The minimum Gasteiger partial charge on any atom is -0.482 e. The molecule has 0 aliphatic heterocycles. The normalized spacial score (nSPS) is 16.4. The van der Waals surface area contributed by atoms with E-state index in [1.807, 2.05) is 12.1 Å². The number of aryl methyl sites for hydroxylation is 1. The molecule has 5 heteroatoms. The van der Waals surface area contributed by atoms with Crippen molar-refractivity contribution in [2.24, 2.45) is 0 Å². The van der Waals surface area contributed by atoms with Crippen LogP contribution in [-0.4, -0.2) is 24.5 Å². The lowest BCUT2D eigenvalue weighted by molar-refractivity contribution is -0.134. The molecule has 1 amide bonds. The van der Waals surface area contributed by atoms with E-state index in [0.717, 1.165) is 19.3 Å². The number of halogens is 2. The summed E-state index contributed by atoms with van der Waals surface area (Å²) in [5.41, 5.74) is 2.51. The van der Waals surface area contributed by atoms with Crippen LogP contribution in [0.15, 0.2) is 42.5 Å². The number of fused-ring (bicyclic) bond motifs is 1. The van der Waals surface area contributed by atoms with E-state index in [4.69, 9.17) is 16.3 Å². The SMILES string of the molecule is CN(C(=O)COc1ccc(F)cc1Cl)[C@@H]1CCCc2ccccc21. The van der Waals surface area contributed by atoms with Gasteiger partial charge in [-0.1, -0.05) is 35.9 Å². The number of hydrogen-bond donors (Lipinski definition) is 0. The molecule has 0 N–H and O–H groups in total. The molecule has 3 nitrogen and oxygen atoms in total. The highest BCUT2D eigenvalue weighted by atomic mass is 35.5. The van der Waals surface area contributed by atoms with Gasteiger partial charge in [0.05, 0.1) is 11.1 Å². The van der Waals surface area contributed by atoms with Gasteiger partial charge < -0.3 is 9.64 Å². The maximum Gasteiger partial charge on any atom is 0.260 e. The Balaban J connectivity index is 1.67. The minimum atomic E-state index is -0.436. The van der Waals surface area contributed by atoms with Gasteiger partial charge in [0.25, 0.3) is 5.91 Å². The topological polar surface area (TPSA) is 29.5 Å². The first-order valence-corrected chi connectivity index (χ1v) is 8.35. The van der Waals surface area contributed by atoms with Crippen molar-refractivity contribution in [3.8, 4) is 5.75 Å². The number of hydrogen-bond acceptors (Lipinski definition) is 2. The lowest BCUT2D eigenvalue weighted by Gasteiger charge is -2.33. The fraction of sp³-hybridized carbons (Fsp3) is 0.316. The summed E-state index contributed by atoms with van der Waals surface area (Å²) in [6, 6.07) is 12.2. The second-order valence-corrected chi connectivity index (χ2v) is 6.38. The van der Waals surface area contributed by atoms with Crippen molar-refractivity contribution in [1.29, 1.82) is 0 Å². The molecule has 126 valence electrons. The van der Waals surface area contributed by atoms with Crippen LogP contribution in [-0.2, 0) is 11.2 Å². The van der Waals surface area contributed by atoms with Gasteiger partial charge in [-0.25, -0.2) is 4.39 Å². The van der Waals surface area contributed by atoms with Crippen LogP contribution in [0.2, 0.25) is 5.02 Å². The van der Waals surface area contributed by atoms with E-state index >= 15 is 0 Å². The Kier molecular flexibility index (Phi) is 5.05. The van der Waals surface area contributed by atoms with Crippen molar-refractivity contribution in [2.75, 3.05) is 13.7 Å². The van der Waals surface area contributed by atoms with Crippen LogP contribution >= 0.6 is 11.6 Å². The summed E-state index contributed by atoms with van der Waals surface area (Å²) in [6.07, 6.45) is 3.05. The van der Waals surface area contributed by atoms with E-state index in [-0.39, 0.29) is 23.6 Å². The Labute approximate surface area is 146 Å². The second kappa shape index (κ2) is 7.22. The predicted molar refractivity (Wildman–Crippen MR) is 91.8 cm³/mol. The van der Waals surface area contributed by atoms with Crippen molar-refractivity contribution in [2.45, 2.75) is 25.3 Å². The standard InChI is InChI=1S/C19H19ClFNO2/c1-22(17-8-4-6-13-5-2-3-7-15(13)17)19(23)12-24-18-10-9-14(21)11-16(18)20/h2-3,5,7,9-11,17H,4,6,8,12H2,1H3/t17-/m1/s1. The van der Waals surface area contributed by atoms with Gasteiger partial charge in [-0.05, 0) is 48.6 Å². The summed E-state index contributed by atoms with van der Waals surface area (Å²) in [6.45, 7) is -0.124.